The van der Waals surface area contributed by atoms with Gasteiger partial charge >= 0.3 is 0 Å². The van der Waals surface area contributed by atoms with Crippen LogP contribution in [0.4, 0.5) is 0 Å². The smallest absolute Gasteiger partial charge is 0.0541 e. The number of nitrogens with zero attached hydrogens (tertiary/aromatic N) is 1. The molecule has 1 rings (SSSR count). The fraction of sp³-hybridized carbons (Fsp3) is 0.545. The molecule has 15 heavy (non-hydrogen) atoms. The number of hydrogen-bond donors (Lipinski definition) is 3. The fourth-order valence-electron chi connectivity index (χ4n) is 1.25. The molecular formula is C11H20N4. The van der Waals surface area contributed by atoms with Gasteiger partial charge < -0.3 is 16.4 Å². The Bertz CT molecular complexity index is 238. The van der Waals surface area contributed by atoms with E-state index < -0.39 is 0 Å². The predicted octanol–water partition coefficient (Wildman–Crippen LogP) is 0.110. The minimum Gasteiger partial charge on any atom is -0.330 e. The normalized spacial score (nSPS) is 10.5. The third kappa shape index (κ3) is 6.17. The molecule has 84 valence electrons. The van der Waals surface area contributed by atoms with Crippen LogP contribution in [0.1, 0.15) is 12.1 Å². The van der Waals surface area contributed by atoms with E-state index >= 15 is 0 Å². The highest BCUT2D eigenvalue weighted by Gasteiger charge is 1.91. The predicted molar refractivity (Wildman–Crippen MR) is 62.5 cm³/mol. The first kappa shape index (κ1) is 12.1. The lowest BCUT2D eigenvalue weighted by Crippen LogP contribution is -2.28. The molecule has 0 aliphatic carbocycles. The molecule has 0 unspecified atom stereocenters. The quantitative estimate of drug-likeness (QED) is 0.531. The highest BCUT2D eigenvalue weighted by atomic mass is 14.9. The Kier molecular flexibility index (Phi) is 6.73. The van der Waals surface area contributed by atoms with Crippen LogP contribution in [-0.4, -0.2) is 31.2 Å². The minimum absolute atomic E-state index is 0.758. The lowest BCUT2D eigenvalue weighted by molar-refractivity contribution is 0.595. The highest BCUT2D eigenvalue weighted by molar-refractivity contribution is 5.02. The third-order valence-electron chi connectivity index (χ3n) is 2.07. The van der Waals surface area contributed by atoms with E-state index in [1.807, 2.05) is 24.4 Å². The number of rotatable bonds is 8. The Morgan fingerprint density at radius 3 is 2.73 bits per heavy atom. The van der Waals surface area contributed by atoms with Gasteiger partial charge in [-0.05, 0) is 31.6 Å². The van der Waals surface area contributed by atoms with Gasteiger partial charge in [0.25, 0.3) is 0 Å². The summed E-state index contributed by atoms with van der Waals surface area (Å²) in [4.78, 5) is 4.23. The summed E-state index contributed by atoms with van der Waals surface area (Å²) in [5, 5.41) is 6.63. The molecule has 1 heterocycles. The molecule has 4 nitrogen and oxygen atoms in total. The van der Waals surface area contributed by atoms with E-state index in [2.05, 4.69) is 15.6 Å². The van der Waals surface area contributed by atoms with Gasteiger partial charge in [-0.25, -0.2) is 0 Å². The Morgan fingerprint density at radius 2 is 2.00 bits per heavy atom. The average molecular weight is 208 g/mol. The second-order valence-electron chi connectivity index (χ2n) is 3.39. The number of pyridine rings is 1. The minimum atomic E-state index is 0.758. The molecule has 0 aliphatic heterocycles. The number of nitrogens with two attached hydrogens (primary N) is 1. The van der Waals surface area contributed by atoms with Crippen LogP contribution in [0.15, 0.2) is 24.4 Å². The third-order valence-corrected chi connectivity index (χ3v) is 2.07. The molecular weight excluding hydrogens is 188 g/mol. The Morgan fingerprint density at radius 1 is 1.13 bits per heavy atom. The lowest BCUT2D eigenvalue weighted by atomic mass is 10.3. The van der Waals surface area contributed by atoms with E-state index in [1.165, 1.54) is 0 Å². The van der Waals surface area contributed by atoms with Crippen molar-refractivity contribution in [3.8, 4) is 0 Å². The van der Waals surface area contributed by atoms with Gasteiger partial charge in [-0.1, -0.05) is 6.07 Å². The van der Waals surface area contributed by atoms with Crippen molar-refractivity contribution in [3.05, 3.63) is 30.1 Å². The lowest BCUT2D eigenvalue weighted by Gasteiger charge is -2.05. The molecule has 1 aromatic heterocycles. The van der Waals surface area contributed by atoms with Crippen LogP contribution >= 0.6 is 0 Å². The summed E-state index contributed by atoms with van der Waals surface area (Å²) in [6, 6.07) is 5.95. The number of aromatic nitrogens is 1. The molecule has 0 aliphatic rings. The van der Waals surface area contributed by atoms with Gasteiger partial charge in [-0.2, -0.15) is 0 Å². The van der Waals surface area contributed by atoms with Gasteiger partial charge in [0.2, 0.25) is 0 Å². The van der Waals surface area contributed by atoms with E-state index in [0.717, 1.165) is 44.8 Å². The number of hydrogen-bond acceptors (Lipinski definition) is 4. The van der Waals surface area contributed by atoms with Crippen LogP contribution in [-0.2, 0) is 6.54 Å². The van der Waals surface area contributed by atoms with Gasteiger partial charge in [0.05, 0.1) is 5.69 Å². The number of nitrogens with one attached hydrogen (secondary N) is 2. The summed E-state index contributed by atoms with van der Waals surface area (Å²) in [5.41, 5.74) is 6.46. The summed E-state index contributed by atoms with van der Waals surface area (Å²) in [6.07, 6.45) is 2.86. The van der Waals surface area contributed by atoms with E-state index in [4.69, 9.17) is 5.73 Å². The SMILES string of the molecule is NCCCNCCNCc1ccccn1. The van der Waals surface area contributed by atoms with Gasteiger partial charge in [0.15, 0.2) is 0 Å². The Labute approximate surface area is 91.3 Å². The van der Waals surface area contributed by atoms with Gasteiger partial charge in [-0.3, -0.25) is 4.98 Å². The summed E-state index contributed by atoms with van der Waals surface area (Å²) in [5.74, 6) is 0. The van der Waals surface area contributed by atoms with Gasteiger partial charge in [0.1, 0.15) is 0 Å². The second kappa shape index (κ2) is 8.35. The first-order valence-corrected chi connectivity index (χ1v) is 5.45. The van der Waals surface area contributed by atoms with E-state index in [1.54, 1.807) is 0 Å². The summed E-state index contributed by atoms with van der Waals surface area (Å²) >= 11 is 0. The van der Waals surface area contributed by atoms with Crippen molar-refractivity contribution in [2.45, 2.75) is 13.0 Å². The van der Waals surface area contributed by atoms with Crippen molar-refractivity contribution in [1.82, 2.24) is 15.6 Å². The molecule has 0 radical (unpaired) electrons. The van der Waals surface area contributed by atoms with Crippen molar-refractivity contribution < 1.29 is 0 Å². The zero-order valence-corrected chi connectivity index (χ0v) is 9.08. The zero-order chi connectivity index (χ0) is 10.8. The van der Waals surface area contributed by atoms with Crippen LogP contribution < -0.4 is 16.4 Å². The fourth-order valence-corrected chi connectivity index (χ4v) is 1.25. The van der Waals surface area contributed by atoms with Gasteiger partial charge in [-0.15, -0.1) is 0 Å². The van der Waals surface area contributed by atoms with E-state index in [-0.39, 0.29) is 0 Å². The highest BCUT2D eigenvalue weighted by Crippen LogP contribution is 1.90. The summed E-state index contributed by atoms with van der Waals surface area (Å²) in [7, 11) is 0. The first-order valence-electron chi connectivity index (χ1n) is 5.45. The molecule has 0 spiro atoms. The van der Waals surface area contributed by atoms with Crippen molar-refractivity contribution in [2.24, 2.45) is 5.73 Å². The van der Waals surface area contributed by atoms with E-state index in [0.29, 0.717) is 0 Å². The zero-order valence-electron chi connectivity index (χ0n) is 9.08. The monoisotopic (exact) mass is 208 g/mol. The standard InChI is InChI=1S/C11H20N4/c12-5-3-6-13-8-9-14-10-11-4-1-2-7-15-11/h1-2,4,7,13-14H,3,5-6,8-10,12H2. The molecule has 0 atom stereocenters. The van der Waals surface area contributed by atoms with Gasteiger partial charge in [0, 0.05) is 25.8 Å². The molecule has 0 aromatic carbocycles. The van der Waals surface area contributed by atoms with Crippen LogP contribution in [0.3, 0.4) is 0 Å². The van der Waals surface area contributed by atoms with Crippen LogP contribution in [0.25, 0.3) is 0 Å². The van der Waals surface area contributed by atoms with E-state index in [9.17, 15) is 0 Å². The molecule has 4 heteroatoms. The van der Waals surface area contributed by atoms with Crippen molar-refractivity contribution in [2.75, 3.05) is 26.2 Å². The van der Waals surface area contributed by atoms with Crippen molar-refractivity contribution >= 4 is 0 Å². The van der Waals surface area contributed by atoms with Crippen molar-refractivity contribution in [1.29, 1.82) is 0 Å². The Balaban J connectivity index is 1.93. The van der Waals surface area contributed by atoms with Crippen LogP contribution in [0, 0.1) is 0 Å². The molecule has 1 aromatic rings. The Hall–Kier alpha value is -0.970. The summed E-state index contributed by atoms with van der Waals surface area (Å²) < 4.78 is 0. The van der Waals surface area contributed by atoms with Crippen LogP contribution in [0.2, 0.25) is 0 Å². The largest absolute Gasteiger partial charge is 0.330 e. The average Bonchev–Trinajstić information content (AvgIpc) is 2.29. The molecule has 4 N–H and O–H groups in total. The maximum absolute atomic E-state index is 5.38. The molecule has 0 fully saturated rings. The molecule has 0 amide bonds. The van der Waals surface area contributed by atoms with Crippen molar-refractivity contribution in [3.63, 3.8) is 0 Å². The summed E-state index contributed by atoms with van der Waals surface area (Å²) in [6.45, 7) is 4.53. The topological polar surface area (TPSA) is 63.0 Å². The maximum Gasteiger partial charge on any atom is 0.0541 e. The molecule has 0 bridgehead atoms. The maximum atomic E-state index is 5.38. The molecule has 0 saturated heterocycles. The van der Waals surface area contributed by atoms with Crippen LogP contribution in [0.5, 0.6) is 0 Å². The first-order chi connectivity index (χ1) is 7.43. The second-order valence-corrected chi connectivity index (χ2v) is 3.39. The molecule has 0 saturated carbocycles.